The summed E-state index contributed by atoms with van der Waals surface area (Å²) < 4.78 is 24.8. The van der Waals surface area contributed by atoms with E-state index in [1.165, 1.54) is 6.07 Å². The monoisotopic (exact) mass is 239 g/mol. The first-order valence-corrected chi connectivity index (χ1v) is 5.18. The second-order valence-electron chi connectivity index (χ2n) is 4.04. The number of amides is 1. The second kappa shape index (κ2) is 3.91. The summed E-state index contributed by atoms with van der Waals surface area (Å²) in [5.74, 6) is -1.57. The molecule has 1 amide bonds. The summed E-state index contributed by atoms with van der Waals surface area (Å²) >= 11 is 0. The summed E-state index contributed by atoms with van der Waals surface area (Å²) in [5.41, 5.74) is 2.12. The van der Waals surface area contributed by atoms with E-state index in [4.69, 9.17) is 0 Å². The third-order valence-corrected chi connectivity index (χ3v) is 2.98. The Balaban J connectivity index is 2.57. The number of benzene rings is 1. The minimum Gasteiger partial charge on any atom is -0.299 e. The van der Waals surface area contributed by atoms with Gasteiger partial charge in [-0.1, -0.05) is 6.07 Å². The Morgan fingerprint density at radius 2 is 1.88 bits per heavy atom. The number of hydrogen-bond donors (Lipinski definition) is 0. The fourth-order valence-electron chi connectivity index (χ4n) is 1.98. The predicted octanol–water partition coefficient (Wildman–Crippen LogP) is 2.10. The lowest BCUT2D eigenvalue weighted by atomic mass is 10.0. The average molecular weight is 239 g/mol. The van der Waals surface area contributed by atoms with Gasteiger partial charge in [0.1, 0.15) is 0 Å². The van der Waals surface area contributed by atoms with Crippen molar-refractivity contribution in [1.29, 1.82) is 0 Å². The summed E-state index contributed by atoms with van der Waals surface area (Å²) in [7, 11) is 0. The summed E-state index contributed by atoms with van der Waals surface area (Å²) in [4.78, 5) is 24.1. The first kappa shape index (κ1) is 11.7. The summed E-state index contributed by atoms with van der Waals surface area (Å²) in [5, 5.41) is 0. The lowest BCUT2D eigenvalue weighted by Gasteiger charge is -2.18. The van der Waals surface area contributed by atoms with Crippen molar-refractivity contribution in [3.8, 4) is 0 Å². The first-order valence-electron chi connectivity index (χ1n) is 5.18. The molecular weight excluding hydrogens is 228 g/mol. The zero-order valence-electron chi connectivity index (χ0n) is 9.46. The average Bonchev–Trinajstić information content (AvgIpc) is 2.49. The number of carbonyl (C=O) groups is 2. The number of anilines is 1. The van der Waals surface area contributed by atoms with Crippen molar-refractivity contribution in [2.24, 2.45) is 0 Å². The topological polar surface area (TPSA) is 37.4 Å². The molecule has 0 radical (unpaired) electrons. The van der Waals surface area contributed by atoms with Gasteiger partial charge in [-0.3, -0.25) is 14.5 Å². The van der Waals surface area contributed by atoms with Gasteiger partial charge in [0.25, 0.3) is 18.1 Å². The SMILES string of the molecule is Cc1ccc2c(c1C)N(CC(F)F)C(=O)C2=O. The van der Waals surface area contributed by atoms with Gasteiger partial charge in [-0.15, -0.1) is 0 Å². The largest absolute Gasteiger partial charge is 0.299 e. The minimum absolute atomic E-state index is 0.221. The molecular formula is C12H11F2NO2. The van der Waals surface area contributed by atoms with Crippen LogP contribution in [0.4, 0.5) is 14.5 Å². The Bertz CT molecular complexity index is 511. The van der Waals surface area contributed by atoms with Gasteiger partial charge < -0.3 is 0 Å². The number of rotatable bonds is 2. The number of Topliss-reactive ketones (excluding diaryl/α,β-unsaturated/α-hetero) is 1. The standard InChI is InChI=1S/C12H11F2NO2/c1-6-3-4-8-10(7(6)2)15(5-9(13)14)12(17)11(8)16/h3-4,9H,5H2,1-2H3. The van der Waals surface area contributed by atoms with Crippen LogP contribution < -0.4 is 4.90 Å². The fourth-order valence-corrected chi connectivity index (χ4v) is 1.98. The van der Waals surface area contributed by atoms with Crippen LogP contribution in [0.2, 0.25) is 0 Å². The molecule has 5 heteroatoms. The number of alkyl halides is 2. The van der Waals surface area contributed by atoms with Gasteiger partial charge in [0.2, 0.25) is 0 Å². The molecule has 1 heterocycles. The van der Waals surface area contributed by atoms with Gasteiger partial charge in [-0.2, -0.15) is 0 Å². The number of nitrogens with zero attached hydrogens (tertiary/aromatic N) is 1. The predicted molar refractivity (Wildman–Crippen MR) is 58.6 cm³/mol. The number of carbonyl (C=O) groups excluding carboxylic acids is 2. The molecule has 0 aromatic heterocycles. The molecule has 0 spiro atoms. The number of aryl methyl sites for hydroxylation is 1. The Kier molecular flexibility index (Phi) is 2.69. The minimum atomic E-state index is -2.65. The fraction of sp³-hybridized carbons (Fsp3) is 0.333. The van der Waals surface area contributed by atoms with Crippen LogP contribution in [0.25, 0.3) is 0 Å². The highest BCUT2D eigenvalue weighted by molar-refractivity contribution is 6.52. The van der Waals surface area contributed by atoms with Crippen molar-refractivity contribution in [1.82, 2.24) is 0 Å². The van der Waals surface area contributed by atoms with E-state index in [1.54, 1.807) is 13.0 Å². The van der Waals surface area contributed by atoms with Gasteiger partial charge in [-0.05, 0) is 31.0 Å². The summed E-state index contributed by atoms with van der Waals surface area (Å²) in [6.07, 6.45) is -2.65. The van der Waals surface area contributed by atoms with Crippen LogP contribution in [-0.4, -0.2) is 24.7 Å². The number of halogens is 2. The second-order valence-corrected chi connectivity index (χ2v) is 4.04. The smallest absolute Gasteiger partial charge is 0.299 e. The molecule has 0 bridgehead atoms. The van der Waals surface area contributed by atoms with E-state index >= 15 is 0 Å². The van der Waals surface area contributed by atoms with Crippen molar-refractivity contribution in [3.63, 3.8) is 0 Å². The van der Waals surface area contributed by atoms with Crippen molar-refractivity contribution < 1.29 is 18.4 Å². The highest BCUT2D eigenvalue weighted by atomic mass is 19.3. The molecule has 0 saturated heterocycles. The Labute approximate surface area is 97.0 Å². The molecule has 0 saturated carbocycles. The zero-order chi connectivity index (χ0) is 12.7. The highest BCUT2D eigenvalue weighted by Crippen LogP contribution is 2.34. The van der Waals surface area contributed by atoms with Crippen molar-refractivity contribution in [2.75, 3.05) is 11.4 Å². The van der Waals surface area contributed by atoms with Crippen LogP contribution in [-0.2, 0) is 4.79 Å². The molecule has 0 fully saturated rings. The molecule has 0 aliphatic carbocycles. The highest BCUT2D eigenvalue weighted by Gasteiger charge is 2.38. The Morgan fingerprint density at radius 3 is 2.47 bits per heavy atom. The third-order valence-electron chi connectivity index (χ3n) is 2.98. The summed E-state index contributed by atoms with van der Waals surface area (Å²) in [6, 6.07) is 3.23. The maximum atomic E-state index is 12.4. The maximum absolute atomic E-state index is 12.4. The van der Waals surface area contributed by atoms with Crippen LogP contribution in [0.3, 0.4) is 0 Å². The van der Waals surface area contributed by atoms with E-state index in [0.29, 0.717) is 11.3 Å². The van der Waals surface area contributed by atoms with E-state index in [-0.39, 0.29) is 5.56 Å². The molecule has 0 unspecified atom stereocenters. The van der Waals surface area contributed by atoms with Crippen molar-refractivity contribution >= 4 is 17.4 Å². The molecule has 3 nitrogen and oxygen atoms in total. The van der Waals surface area contributed by atoms with Crippen LogP contribution in [0, 0.1) is 13.8 Å². The molecule has 17 heavy (non-hydrogen) atoms. The van der Waals surface area contributed by atoms with E-state index in [1.807, 2.05) is 6.92 Å². The summed E-state index contributed by atoms with van der Waals surface area (Å²) in [6.45, 7) is 2.80. The van der Waals surface area contributed by atoms with E-state index < -0.39 is 24.7 Å². The first-order chi connectivity index (χ1) is 7.93. The Morgan fingerprint density at radius 1 is 1.24 bits per heavy atom. The van der Waals surface area contributed by atoms with Crippen LogP contribution in [0.15, 0.2) is 12.1 Å². The van der Waals surface area contributed by atoms with Gasteiger partial charge in [0.05, 0.1) is 17.8 Å². The van der Waals surface area contributed by atoms with Gasteiger partial charge >= 0.3 is 0 Å². The molecule has 90 valence electrons. The molecule has 0 N–H and O–H groups in total. The van der Waals surface area contributed by atoms with Crippen molar-refractivity contribution in [3.05, 3.63) is 28.8 Å². The lowest BCUT2D eigenvalue weighted by Crippen LogP contribution is -2.34. The lowest BCUT2D eigenvalue weighted by molar-refractivity contribution is -0.114. The normalized spacial score (nSPS) is 14.8. The van der Waals surface area contributed by atoms with Gasteiger partial charge in [0, 0.05) is 0 Å². The third kappa shape index (κ3) is 1.71. The van der Waals surface area contributed by atoms with Gasteiger partial charge in [-0.25, -0.2) is 8.78 Å². The van der Waals surface area contributed by atoms with Crippen LogP contribution in [0.1, 0.15) is 21.5 Å². The van der Waals surface area contributed by atoms with E-state index in [0.717, 1.165) is 10.5 Å². The number of hydrogen-bond acceptors (Lipinski definition) is 2. The molecule has 1 aliphatic heterocycles. The Hall–Kier alpha value is -1.78. The van der Waals surface area contributed by atoms with E-state index in [2.05, 4.69) is 0 Å². The number of fused-ring (bicyclic) bond motifs is 1. The zero-order valence-corrected chi connectivity index (χ0v) is 9.46. The molecule has 1 aromatic rings. The van der Waals surface area contributed by atoms with E-state index in [9.17, 15) is 18.4 Å². The van der Waals surface area contributed by atoms with Crippen LogP contribution in [0.5, 0.6) is 0 Å². The quantitative estimate of drug-likeness (QED) is 0.741. The molecule has 1 aromatic carbocycles. The number of ketones is 1. The maximum Gasteiger partial charge on any atom is 0.299 e. The molecule has 2 rings (SSSR count). The van der Waals surface area contributed by atoms with Gasteiger partial charge in [0.15, 0.2) is 0 Å². The van der Waals surface area contributed by atoms with Crippen LogP contribution >= 0.6 is 0 Å². The van der Waals surface area contributed by atoms with Crippen molar-refractivity contribution in [2.45, 2.75) is 20.3 Å². The molecule has 0 atom stereocenters. The molecule has 1 aliphatic rings.